The Morgan fingerprint density at radius 3 is 2.79 bits per heavy atom. The minimum Gasteiger partial charge on any atom is -0.383 e. The summed E-state index contributed by atoms with van der Waals surface area (Å²) in [6.07, 6.45) is 0. The van der Waals surface area contributed by atoms with E-state index in [1.165, 1.54) is 0 Å². The molecule has 0 aromatic carbocycles. The van der Waals surface area contributed by atoms with Gasteiger partial charge in [-0.3, -0.25) is 0 Å². The van der Waals surface area contributed by atoms with Crippen LogP contribution in [0.2, 0.25) is 0 Å². The molecule has 0 radical (unpaired) electrons. The Morgan fingerprint density at radius 2 is 2.07 bits per heavy atom. The zero-order chi connectivity index (χ0) is 10.1. The third kappa shape index (κ3) is 1.15. The highest BCUT2D eigenvalue weighted by Gasteiger charge is 2.24. The molecule has 0 saturated carbocycles. The lowest BCUT2D eigenvalue weighted by Gasteiger charge is -2.03. The van der Waals surface area contributed by atoms with E-state index < -0.39 is 0 Å². The van der Waals surface area contributed by atoms with Crippen molar-refractivity contribution in [3.05, 3.63) is 5.56 Å². The Hall–Kier alpha value is -2.16. The lowest BCUT2D eigenvalue weighted by Crippen LogP contribution is -2.04. The summed E-state index contributed by atoms with van der Waals surface area (Å²) in [6.45, 7) is 1.72. The second-order valence-electron chi connectivity index (χ2n) is 2.72. The second-order valence-corrected chi connectivity index (χ2v) is 2.72. The van der Waals surface area contributed by atoms with Crippen molar-refractivity contribution in [3.63, 3.8) is 0 Å². The molecule has 1 aromatic rings. The maximum absolute atomic E-state index is 5.67. The molecule has 0 bridgehead atoms. The van der Waals surface area contributed by atoms with Crippen molar-refractivity contribution in [1.82, 2.24) is 9.97 Å². The Kier molecular flexibility index (Phi) is 1.78. The molecule has 1 aliphatic rings. The van der Waals surface area contributed by atoms with Crippen molar-refractivity contribution in [3.8, 4) is 11.8 Å². The number of nitrogens with two attached hydrogens (primary N) is 2. The van der Waals surface area contributed by atoms with Crippen molar-refractivity contribution in [1.29, 1.82) is 0 Å². The maximum Gasteiger partial charge on any atom is 0.224 e. The van der Waals surface area contributed by atoms with Crippen LogP contribution < -0.4 is 11.5 Å². The van der Waals surface area contributed by atoms with E-state index >= 15 is 0 Å². The normalized spacial score (nSPS) is 17.4. The van der Waals surface area contributed by atoms with Gasteiger partial charge in [0.1, 0.15) is 5.82 Å². The number of hydrogen-bond donors (Lipinski definition) is 2. The minimum absolute atomic E-state index is 0.102. The van der Waals surface area contributed by atoms with E-state index in [2.05, 4.69) is 32.0 Å². The van der Waals surface area contributed by atoms with Gasteiger partial charge in [0, 0.05) is 0 Å². The van der Waals surface area contributed by atoms with Gasteiger partial charge in [0.2, 0.25) is 5.95 Å². The molecule has 1 atom stereocenters. The molecule has 0 spiro atoms. The molecular formula is C8H8N6. The first-order chi connectivity index (χ1) is 6.72. The number of fused-ring (bicyclic) bond motifs is 1. The Bertz CT molecular complexity index is 467. The lowest BCUT2D eigenvalue weighted by atomic mass is 10.1. The molecule has 1 aliphatic heterocycles. The van der Waals surface area contributed by atoms with Gasteiger partial charge < -0.3 is 11.5 Å². The monoisotopic (exact) mass is 188 g/mol. The number of rotatable bonds is 0. The summed E-state index contributed by atoms with van der Waals surface area (Å²) in [5.41, 5.74) is 11.7. The highest BCUT2D eigenvalue weighted by Crippen LogP contribution is 2.36. The topological polar surface area (TPSA) is 103 Å². The molecule has 14 heavy (non-hydrogen) atoms. The number of nitrogen functional groups attached to an aromatic ring is 2. The van der Waals surface area contributed by atoms with Crippen LogP contribution in [-0.2, 0) is 0 Å². The molecule has 4 N–H and O–H groups in total. The standard InChI is InChI=1S/C8H8N6/c1-2-3-4-5-6(9)11-8(10)12-7(5)14-13-4/h4H,1H3,(H4,9,10,11,12)/t4-/m0/s1. The molecular weight excluding hydrogens is 180 g/mol. The fourth-order valence-electron chi connectivity index (χ4n) is 1.24. The predicted molar refractivity (Wildman–Crippen MR) is 51.6 cm³/mol. The zero-order valence-electron chi connectivity index (χ0n) is 7.52. The molecule has 1 aromatic heterocycles. The van der Waals surface area contributed by atoms with Crippen LogP contribution >= 0.6 is 0 Å². The second kappa shape index (κ2) is 2.96. The van der Waals surface area contributed by atoms with Gasteiger partial charge in [0.05, 0.1) is 5.56 Å². The molecule has 70 valence electrons. The summed E-state index contributed by atoms with van der Waals surface area (Å²) in [5.74, 6) is 6.41. The van der Waals surface area contributed by atoms with E-state index in [-0.39, 0.29) is 12.0 Å². The quantitative estimate of drug-likeness (QED) is 0.588. The average Bonchev–Trinajstić information content (AvgIpc) is 2.49. The molecule has 6 heteroatoms. The van der Waals surface area contributed by atoms with Gasteiger partial charge in [-0.05, 0) is 6.92 Å². The third-order valence-corrected chi connectivity index (χ3v) is 1.79. The van der Waals surface area contributed by atoms with Gasteiger partial charge in [-0.2, -0.15) is 15.1 Å². The van der Waals surface area contributed by atoms with Gasteiger partial charge in [0.15, 0.2) is 11.9 Å². The number of anilines is 2. The van der Waals surface area contributed by atoms with Gasteiger partial charge in [-0.25, -0.2) is 0 Å². The van der Waals surface area contributed by atoms with Crippen LogP contribution in [0.25, 0.3) is 0 Å². The van der Waals surface area contributed by atoms with Crippen LogP contribution in [0, 0.1) is 11.8 Å². The molecule has 0 amide bonds. The third-order valence-electron chi connectivity index (χ3n) is 1.79. The summed E-state index contributed by atoms with van der Waals surface area (Å²) >= 11 is 0. The average molecular weight is 188 g/mol. The highest BCUT2D eigenvalue weighted by molar-refractivity contribution is 5.60. The molecule has 6 nitrogen and oxygen atoms in total. The molecule has 0 fully saturated rings. The van der Waals surface area contributed by atoms with Crippen molar-refractivity contribution >= 4 is 17.6 Å². The van der Waals surface area contributed by atoms with E-state index in [0.717, 1.165) is 0 Å². The Labute approximate surface area is 80.5 Å². The molecule has 0 saturated heterocycles. The summed E-state index contributed by atoms with van der Waals surface area (Å²) in [6, 6.07) is -0.351. The molecule has 0 unspecified atom stereocenters. The minimum atomic E-state index is -0.351. The van der Waals surface area contributed by atoms with E-state index in [9.17, 15) is 0 Å². The Balaban J connectivity index is 2.57. The molecule has 2 heterocycles. The molecule has 0 aliphatic carbocycles. The first-order valence-corrected chi connectivity index (χ1v) is 3.98. The zero-order valence-corrected chi connectivity index (χ0v) is 7.52. The largest absolute Gasteiger partial charge is 0.383 e. The van der Waals surface area contributed by atoms with Crippen LogP contribution in [0.5, 0.6) is 0 Å². The van der Waals surface area contributed by atoms with Crippen molar-refractivity contribution < 1.29 is 0 Å². The summed E-state index contributed by atoms with van der Waals surface area (Å²) in [4.78, 5) is 7.74. The van der Waals surface area contributed by atoms with E-state index in [1.807, 2.05) is 0 Å². The summed E-state index contributed by atoms with van der Waals surface area (Å²) in [7, 11) is 0. The summed E-state index contributed by atoms with van der Waals surface area (Å²) < 4.78 is 0. The number of hydrogen-bond acceptors (Lipinski definition) is 6. The maximum atomic E-state index is 5.67. The Morgan fingerprint density at radius 1 is 1.29 bits per heavy atom. The van der Waals surface area contributed by atoms with E-state index in [1.54, 1.807) is 6.92 Å². The highest BCUT2D eigenvalue weighted by atomic mass is 15.2. The van der Waals surface area contributed by atoms with Crippen LogP contribution in [0.15, 0.2) is 10.2 Å². The lowest BCUT2D eigenvalue weighted by molar-refractivity contribution is 0.926. The van der Waals surface area contributed by atoms with Crippen LogP contribution in [0.3, 0.4) is 0 Å². The van der Waals surface area contributed by atoms with Crippen LogP contribution in [0.4, 0.5) is 17.6 Å². The van der Waals surface area contributed by atoms with Gasteiger partial charge in [-0.15, -0.1) is 11.0 Å². The smallest absolute Gasteiger partial charge is 0.224 e. The van der Waals surface area contributed by atoms with Crippen molar-refractivity contribution in [2.45, 2.75) is 13.0 Å². The van der Waals surface area contributed by atoms with Gasteiger partial charge >= 0.3 is 0 Å². The first kappa shape index (κ1) is 8.44. The van der Waals surface area contributed by atoms with Gasteiger partial charge in [-0.1, -0.05) is 5.92 Å². The SMILES string of the molecule is CC#C[C@@H]1N=Nc2nc(N)nc(N)c21. The first-order valence-electron chi connectivity index (χ1n) is 3.98. The van der Waals surface area contributed by atoms with Crippen LogP contribution in [0.1, 0.15) is 18.5 Å². The fourth-order valence-corrected chi connectivity index (χ4v) is 1.24. The van der Waals surface area contributed by atoms with Gasteiger partial charge in [0.25, 0.3) is 0 Å². The fraction of sp³-hybridized carbons (Fsp3) is 0.250. The van der Waals surface area contributed by atoms with E-state index in [4.69, 9.17) is 11.5 Å². The predicted octanol–water partition coefficient (Wildman–Crippen LogP) is 0.803. The number of nitrogens with zero attached hydrogens (tertiary/aromatic N) is 4. The summed E-state index contributed by atoms with van der Waals surface area (Å²) in [5, 5.41) is 7.74. The number of azo groups is 1. The van der Waals surface area contributed by atoms with E-state index in [0.29, 0.717) is 17.2 Å². The van der Waals surface area contributed by atoms with Crippen LogP contribution in [-0.4, -0.2) is 9.97 Å². The van der Waals surface area contributed by atoms with Crippen molar-refractivity contribution in [2.24, 2.45) is 10.2 Å². The molecule has 2 rings (SSSR count). The van der Waals surface area contributed by atoms with Crippen molar-refractivity contribution in [2.75, 3.05) is 11.5 Å². The number of aromatic nitrogens is 2.